The molecule has 0 atom stereocenters. The molecule has 2 rings (SSSR count). The Balaban J connectivity index is 2.79. The van der Waals surface area contributed by atoms with E-state index in [4.69, 9.17) is 11.0 Å². The Kier molecular flexibility index (Phi) is 2.02. The lowest BCUT2D eigenvalue weighted by molar-refractivity contribution is 0.493. The average Bonchev–Trinajstić information content (AvgIpc) is 2.45. The lowest BCUT2D eigenvalue weighted by atomic mass is 10.1. The van der Waals surface area contributed by atoms with Crippen molar-refractivity contribution in [1.29, 1.82) is 5.26 Å². The van der Waals surface area contributed by atoms with E-state index >= 15 is 0 Å². The number of nitriles is 1. The molecule has 0 spiro atoms. The van der Waals surface area contributed by atoms with Crippen LogP contribution in [0.1, 0.15) is 5.56 Å². The van der Waals surface area contributed by atoms with E-state index in [0.717, 1.165) is 15.6 Å². The number of nitrogen functional groups attached to an aromatic ring is 1. The van der Waals surface area contributed by atoms with Gasteiger partial charge in [-0.1, -0.05) is 23.5 Å². The summed E-state index contributed by atoms with van der Waals surface area (Å²) in [7, 11) is 0. The Morgan fingerprint density at radius 3 is 3.00 bits per heavy atom. The van der Waals surface area contributed by atoms with Gasteiger partial charge in [0.15, 0.2) is 5.06 Å². The Morgan fingerprint density at radius 2 is 2.29 bits per heavy atom. The topological polar surface area (TPSA) is 70.0 Å². The molecular weight excluding hydrogens is 196 g/mol. The molecule has 1 heterocycles. The lowest BCUT2D eigenvalue weighted by Gasteiger charge is -1.98. The summed E-state index contributed by atoms with van der Waals surface area (Å²) >= 11 is 1.24. The van der Waals surface area contributed by atoms with Gasteiger partial charge in [0.25, 0.3) is 0 Å². The van der Waals surface area contributed by atoms with Crippen LogP contribution < -0.4 is 5.73 Å². The number of hydrogen-bond acceptors (Lipinski definition) is 4. The van der Waals surface area contributed by atoms with Gasteiger partial charge in [0, 0.05) is 10.1 Å². The minimum absolute atomic E-state index is 0.130. The van der Waals surface area contributed by atoms with E-state index in [2.05, 4.69) is 6.07 Å². The zero-order chi connectivity index (χ0) is 10.1. The van der Waals surface area contributed by atoms with Crippen LogP contribution in [0.25, 0.3) is 10.1 Å². The maximum atomic E-state index is 9.45. The number of aromatic hydroxyl groups is 1. The van der Waals surface area contributed by atoms with E-state index in [1.165, 1.54) is 11.3 Å². The van der Waals surface area contributed by atoms with Crippen molar-refractivity contribution in [3.05, 3.63) is 23.8 Å². The number of thiophene rings is 1. The van der Waals surface area contributed by atoms with Crippen LogP contribution in [0.15, 0.2) is 18.2 Å². The van der Waals surface area contributed by atoms with E-state index in [9.17, 15) is 5.11 Å². The van der Waals surface area contributed by atoms with Crippen LogP contribution >= 0.6 is 11.3 Å². The van der Waals surface area contributed by atoms with Crippen molar-refractivity contribution >= 4 is 27.1 Å². The van der Waals surface area contributed by atoms with Crippen LogP contribution in [-0.2, 0) is 6.42 Å². The summed E-state index contributed by atoms with van der Waals surface area (Å²) in [5.74, 6) is 0. The van der Waals surface area contributed by atoms with E-state index < -0.39 is 0 Å². The minimum atomic E-state index is 0.130. The largest absolute Gasteiger partial charge is 0.498 e. The summed E-state index contributed by atoms with van der Waals surface area (Å²) in [4.78, 5) is 0. The Bertz CT molecular complexity index is 525. The molecular formula is C10H8N2OS. The molecule has 0 unspecified atom stereocenters. The molecule has 0 saturated heterocycles. The van der Waals surface area contributed by atoms with Crippen LogP contribution in [0, 0.1) is 11.3 Å². The number of benzene rings is 1. The minimum Gasteiger partial charge on any atom is -0.498 e. The molecule has 0 bridgehead atoms. The molecule has 4 heteroatoms. The van der Waals surface area contributed by atoms with Crippen molar-refractivity contribution in [2.24, 2.45) is 0 Å². The van der Waals surface area contributed by atoms with Gasteiger partial charge in [-0.05, 0) is 11.6 Å². The highest BCUT2D eigenvalue weighted by Gasteiger charge is 2.11. The first-order valence-electron chi connectivity index (χ1n) is 4.10. The average molecular weight is 204 g/mol. The number of anilines is 1. The molecule has 1 aromatic carbocycles. The number of hydrogen-bond donors (Lipinski definition) is 2. The molecule has 3 nitrogen and oxygen atoms in total. The molecule has 1 aromatic heterocycles. The van der Waals surface area contributed by atoms with Crippen LogP contribution in [0.2, 0.25) is 0 Å². The Hall–Kier alpha value is -1.73. The van der Waals surface area contributed by atoms with E-state index in [-0.39, 0.29) is 5.06 Å². The summed E-state index contributed by atoms with van der Waals surface area (Å²) in [6.07, 6.45) is 0.317. The molecule has 3 N–H and O–H groups in total. The van der Waals surface area contributed by atoms with Gasteiger partial charge >= 0.3 is 0 Å². The van der Waals surface area contributed by atoms with Crippen molar-refractivity contribution in [3.8, 4) is 11.1 Å². The zero-order valence-electron chi connectivity index (χ0n) is 7.32. The van der Waals surface area contributed by atoms with E-state index in [0.29, 0.717) is 12.1 Å². The molecule has 70 valence electrons. The highest BCUT2D eigenvalue weighted by Crippen LogP contribution is 2.40. The number of nitrogens with zero attached hydrogens (tertiary/aromatic N) is 1. The predicted octanol–water partition coefficient (Wildman–Crippen LogP) is 2.26. The first-order valence-corrected chi connectivity index (χ1v) is 4.91. The zero-order valence-corrected chi connectivity index (χ0v) is 8.14. The van der Waals surface area contributed by atoms with Crippen LogP contribution in [0.4, 0.5) is 5.69 Å². The summed E-state index contributed by atoms with van der Waals surface area (Å²) in [5.41, 5.74) is 6.98. The quantitative estimate of drug-likeness (QED) is 0.748. The number of fused-ring (bicyclic) bond motifs is 1. The summed E-state index contributed by atoms with van der Waals surface area (Å²) in [5, 5.41) is 19.0. The maximum Gasteiger partial charge on any atom is 0.196 e. The van der Waals surface area contributed by atoms with Crippen LogP contribution in [0.3, 0.4) is 0 Å². The fourth-order valence-corrected chi connectivity index (χ4v) is 2.38. The maximum absolute atomic E-state index is 9.45. The Labute approximate surface area is 85.0 Å². The van der Waals surface area contributed by atoms with Crippen molar-refractivity contribution in [3.63, 3.8) is 0 Å². The third kappa shape index (κ3) is 1.19. The van der Waals surface area contributed by atoms with E-state index in [1.807, 2.05) is 18.2 Å². The molecule has 0 aliphatic heterocycles. The molecule has 0 saturated carbocycles. The SMILES string of the molecule is N#CCc1cccc2sc(O)c(N)c12. The summed E-state index contributed by atoms with van der Waals surface area (Å²) in [6.45, 7) is 0. The van der Waals surface area contributed by atoms with E-state index in [1.54, 1.807) is 0 Å². The predicted molar refractivity (Wildman–Crippen MR) is 57.2 cm³/mol. The second kappa shape index (κ2) is 3.20. The van der Waals surface area contributed by atoms with Gasteiger partial charge in [-0.2, -0.15) is 5.26 Å². The third-order valence-corrected chi connectivity index (χ3v) is 3.06. The highest BCUT2D eigenvalue weighted by molar-refractivity contribution is 7.21. The second-order valence-corrected chi connectivity index (χ2v) is 3.98. The summed E-state index contributed by atoms with van der Waals surface area (Å²) < 4.78 is 0.924. The van der Waals surface area contributed by atoms with Crippen molar-refractivity contribution in [2.75, 3.05) is 5.73 Å². The molecule has 0 aliphatic carbocycles. The van der Waals surface area contributed by atoms with Gasteiger partial charge < -0.3 is 10.8 Å². The fourth-order valence-electron chi connectivity index (χ4n) is 1.47. The van der Waals surface area contributed by atoms with Crippen molar-refractivity contribution in [2.45, 2.75) is 6.42 Å². The standard InChI is InChI=1S/C10H8N2OS/c11-5-4-6-2-1-3-7-8(6)9(12)10(13)14-7/h1-3,13H,4,12H2. The molecule has 0 amide bonds. The molecule has 0 radical (unpaired) electrons. The molecule has 2 aromatic rings. The first kappa shape index (κ1) is 8.85. The van der Waals surface area contributed by atoms with Gasteiger partial charge in [-0.3, -0.25) is 0 Å². The molecule has 14 heavy (non-hydrogen) atoms. The van der Waals surface area contributed by atoms with Gasteiger partial charge in [0.05, 0.1) is 18.2 Å². The van der Waals surface area contributed by atoms with Gasteiger partial charge in [-0.15, -0.1) is 0 Å². The number of rotatable bonds is 1. The summed E-state index contributed by atoms with van der Waals surface area (Å²) in [6, 6.07) is 7.69. The van der Waals surface area contributed by atoms with Crippen LogP contribution in [-0.4, -0.2) is 5.11 Å². The van der Waals surface area contributed by atoms with Crippen molar-refractivity contribution < 1.29 is 5.11 Å². The normalized spacial score (nSPS) is 10.2. The first-order chi connectivity index (χ1) is 6.74. The van der Waals surface area contributed by atoms with Gasteiger partial charge in [0.1, 0.15) is 0 Å². The Morgan fingerprint density at radius 1 is 1.50 bits per heavy atom. The third-order valence-electron chi connectivity index (χ3n) is 2.09. The smallest absolute Gasteiger partial charge is 0.196 e. The van der Waals surface area contributed by atoms with Crippen molar-refractivity contribution in [1.82, 2.24) is 0 Å². The second-order valence-electron chi connectivity index (χ2n) is 2.95. The molecule has 0 aliphatic rings. The fraction of sp³-hybridized carbons (Fsp3) is 0.100. The highest BCUT2D eigenvalue weighted by atomic mass is 32.1. The van der Waals surface area contributed by atoms with Crippen LogP contribution in [0.5, 0.6) is 5.06 Å². The van der Waals surface area contributed by atoms with Gasteiger partial charge in [-0.25, -0.2) is 0 Å². The number of nitrogens with two attached hydrogens (primary N) is 1. The van der Waals surface area contributed by atoms with Gasteiger partial charge in [0.2, 0.25) is 0 Å². The lowest BCUT2D eigenvalue weighted by Crippen LogP contribution is -1.87. The monoisotopic (exact) mass is 204 g/mol. The molecule has 0 fully saturated rings.